The largest absolute Gasteiger partial charge is 0.459 e. The lowest BCUT2D eigenvalue weighted by molar-refractivity contribution is -0.155. The smallest absolute Gasteiger partial charge is 0.328 e. The summed E-state index contributed by atoms with van der Waals surface area (Å²) >= 11 is 3.21. The highest BCUT2D eigenvalue weighted by molar-refractivity contribution is 9.10. The van der Waals surface area contributed by atoms with Gasteiger partial charge in [-0.25, -0.2) is 4.68 Å². The van der Waals surface area contributed by atoms with Gasteiger partial charge < -0.3 is 10.5 Å². The van der Waals surface area contributed by atoms with Crippen molar-refractivity contribution in [2.24, 2.45) is 0 Å². The van der Waals surface area contributed by atoms with E-state index >= 15 is 0 Å². The van der Waals surface area contributed by atoms with E-state index in [-0.39, 0.29) is 12.5 Å². The molecule has 6 heteroatoms. The third-order valence-corrected chi connectivity index (χ3v) is 2.14. The quantitative estimate of drug-likeness (QED) is 0.832. The molecule has 0 bridgehead atoms. The van der Waals surface area contributed by atoms with E-state index in [1.54, 1.807) is 6.20 Å². The minimum Gasteiger partial charge on any atom is -0.459 e. The summed E-state index contributed by atoms with van der Waals surface area (Å²) < 4.78 is 7.19. The Morgan fingerprint density at radius 2 is 2.27 bits per heavy atom. The molecule has 0 fully saturated rings. The van der Waals surface area contributed by atoms with E-state index in [2.05, 4.69) is 21.0 Å². The van der Waals surface area contributed by atoms with Crippen molar-refractivity contribution in [1.29, 1.82) is 0 Å². The van der Waals surface area contributed by atoms with Gasteiger partial charge in [0.2, 0.25) is 0 Å². The molecule has 0 radical (unpaired) electrons. The van der Waals surface area contributed by atoms with Crippen LogP contribution in [0.2, 0.25) is 0 Å². The molecule has 0 aromatic carbocycles. The lowest BCUT2D eigenvalue weighted by Gasteiger charge is -2.19. The van der Waals surface area contributed by atoms with Crippen LogP contribution in [0.4, 0.5) is 5.82 Å². The summed E-state index contributed by atoms with van der Waals surface area (Å²) in [5, 5.41) is 3.93. The van der Waals surface area contributed by atoms with E-state index in [0.717, 1.165) is 0 Å². The topological polar surface area (TPSA) is 70.1 Å². The molecule has 0 saturated carbocycles. The molecule has 1 heterocycles. The standard InChI is InChI=1S/C9H14BrN3O2/c1-9(2,3)15-7(14)5-13-8(11)6(10)4-12-13/h4H,5,11H2,1-3H3. The van der Waals surface area contributed by atoms with Crippen LogP contribution < -0.4 is 5.73 Å². The average molecular weight is 276 g/mol. The third kappa shape index (κ3) is 3.54. The Hall–Kier alpha value is -1.04. The lowest BCUT2D eigenvalue weighted by atomic mass is 10.2. The minimum atomic E-state index is -0.490. The van der Waals surface area contributed by atoms with Gasteiger partial charge >= 0.3 is 5.97 Å². The molecule has 0 atom stereocenters. The van der Waals surface area contributed by atoms with Crippen LogP contribution in [0.3, 0.4) is 0 Å². The van der Waals surface area contributed by atoms with Gasteiger partial charge in [-0.1, -0.05) is 0 Å². The van der Waals surface area contributed by atoms with E-state index in [4.69, 9.17) is 10.5 Å². The highest BCUT2D eigenvalue weighted by Gasteiger charge is 2.17. The predicted molar refractivity (Wildman–Crippen MR) is 60.2 cm³/mol. The van der Waals surface area contributed by atoms with Gasteiger partial charge in [0.25, 0.3) is 0 Å². The van der Waals surface area contributed by atoms with E-state index in [9.17, 15) is 4.79 Å². The number of nitrogens with zero attached hydrogens (tertiary/aromatic N) is 2. The molecule has 1 aromatic rings. The molecule has 2 N–H and O–H groups in total. The van der Waals surface area contributed by atoms with Crippen molar-refractivity contribution in [3.63, 3.8) is 0 Å². The van der Waals surface area contributed by atoms with Gasteiger partial charge in [0.15, 0.2) is 0 Å². The molecule has 0 spiro atoms. The van der Waals surface area contributed by atoms with Crippen LogP contribution in [0.1, 0.15) is 20.8 Å². The van der Waals surface area contributed by atoms with Gasteiger partial charge in [-0.3, -0.25) is 4.79 Å². The highest BCUT2D eigenvalue weighted by Crippen LogP contribution is 2.18. The Morgan fingerprint density at radius 3 is 2.67 bits per heavy atom. The summed E-state index contributed by atoms with van der Waals surface area (Å²) in [7, 11) is 0. The number of nitrogen functional groups attached to an aromatic ring is 1. The van der Waals surface area contributed by atoms with Gasteiger partial charge in [-0.2, -0.15) is 5.10 Å². The molecule has 1 aromatic heterocycles. The molecule has 0 aliphatic heterocycles. The van der Waals surface area contributed by atoms with Crippen molar-refractivity contribution in [2.75, 3.05) is 5.73 Å². The molecule has 84 valence electrons. The van der Waals surface area contributed by atoms with Gasteiger partial charge in [0, 0.05) is 0 Å². The maximum Gasteiger partial charge on any atom is 0.328 e. The summed E-state index contributed by atoms with van der Waals surface area (Å²) in [5.74, 6) is 0.0608. The number of halogens is 1. The Morgan fingerprint density at radius 1 is 1.67 bits per heavy atom. The Balaban J connectivity index is 2.63. The maximum absolute atomic E-state index is 11.4. The van der Waals surface area contributed by atoms with Crippen LogP contribution in [0.15, 0.2) is 10.7 Å². The fourth-order valence-electron chi connectivity index (χ4n) is 0.994. The lowest BCUT2D eigenvalue weighted by Crippen LogP contribution is -2.27. The van der Waals surface area contributed by atoms with Crippen molar-refractivity contribution in [2.45, 2.75) is 32.9 Å². The second kappa shape index (κ2) is 4.22. The van der Waals surface area contributed by atoms with E-state index in [0.29, 0.717) is 10.3 Å². The number of ether oxygens (including phenoxy) is 1. The average Bonchev–Trinajstić information content (AvgIpc) is 2.32. The molecular formula is C9H14BrN3O2. The predicted octanol–water partition coefficient (Wildman–Crippen LogP) is 1.57. The zero-order chi connectivity index (χ0) is 11.6. The van der Waals surface area contributed by atoms with Crippen LogP contribution in [-0.2, 0) is 16.1 Å². The van der Waals surface area contributed by atoms with Crippen LogP contribution in [0.5, 0.6) is 0 Å². The first-order chi connectivity index (χ1) is 6.79. The molecular weight excluding hydrogens is 262 g/mol. The maximum atomic E-state index is 11.4. The molecule has 15 heavy (non-hydrogen) atoms. The van der Waals surface area contributed by atoms with E-state index in [1.807, 2.05) is 20.8 Å². The van der Waals surface area contributed by atoms with Crippen molar-refractivity contribution >= 4 is 27.7 Å². The van der Waals surface area contributed by atoms with Crippen LogP contribution >= 0.6 is 15.9 Å². The van der Waals surface area contributed by atoms with Crippen LogP contribution in [0.25, 0.3) is 0 Å². The third-order valence-electron chi connectivity index (χ3n) is 1.53. The summed E-state index contributed by atoms with van der Waals surface area (Å²) in [4.78, 5) is 11.4. The van der Waals surface area contributed by atoms with Gasteiger partial charge in [-0.15, -0.1) is 0 Å². The molecule has 0 amide bonds. The zero-order valence-electron chi connectivity index (χ0n) is 8.95. The fourth-order valence-corrected chi connectivity index (χ4v) is 1.29. The Labute approximate surface area is 96.7 Å². The highest BCUT2D eigenvalue weighted by atomic mass is 79.9. The van der Waals surface area contributed by atoms with Crippen molar-refractivity contribution in [3.8, 4) is 0 Å². The fraction of sp³-hybridized carbons (Fsp3) is 0.556. The number of nitrogens with two attached hydrogens (primary N) is 1. The summed E-state index contributed by atoms with van der Waals surface area (Å²) in [6.45, 7) is 5.46. The molecule has 0 aliphatic carbocycles. The van der Waals surface area contributed by atoms with Gasteiger partial charge in [-0.05, 0) is 36.7 Å². The van der Waals surface area contributed by atoms with Crippen molar-refractivity contribution in [3.05, 3.63) is 10.7 Å². The summed E-state index contributed by atoms with van der Waals surface area (Å²) in [5.41, 5.74) is 5.17. The van der Waals surface area contributed by atoms with Crippen LogP contribution in [0, 0.1) is 0 Å². The first-order valence-corrected chi connectivity index (χ1v) is 5.27. The zero-order valence-corrected chi connectivity index (χ0v) is 10.5. The normalized spacial score (nSPS) is 11.5. The molecule has 0 unspecified atom stereocenters. The first-order valence-electron chi connectivity index (χ1n) is 4.48. The molecule has 5 nitrogen and oxygen atoms in total. The number of esters is 1. The van der Waals surface area contributed by atoms with Crippen molar-refractivity contribution in [1.82, 2.24) is 9.78 Å². The monoisotopic (exact) mass is 275 g/mol. The number of aromatic nitrogens is 2. The van der Waals surface area contributed by atoms with E-state index in [1.165, 1.54) is 4.68 Å². The van der Waals surface area contributed by atoms with Crippen molar-refractivity contribution < 1.29 is 9.53 Å². The minimum absolute atomic E-state index is 0.0225. The number of hydrogen-bond acceptors (Lipinski definition) is 4. The number of rotatable bonds is 2. The number of carbonyl (C=O) groups excluding carboxylic acids is 1. The molecule has 0 saturated heterocycles. The van der Waals surface area contributed by atoms with Gasteiger partial charge in [0.1, 0.15) is 18.0 Å². The molecule has 0 aliphatic rings. The SMILES string of the molecule is CC(C)(C)OC(=O)Cn1ncc(Br)c1N. The summed E-state index contributed by atoms with van der Waals surface area (Å²) in [6, 6.07) is 0. The van der Waals surface area contributed by atoms with Crippen LogP contribution in [-0.4, -0.2) is 21.4 Å². The molecule has 1 rings (SSSR count). The number of hydrogen-bond donors (Lipinski definition) is 1. The Bertz CT molecular complexity index is 368. The number of carbonyl (C=O) groups is 1. The van der Waals surface area contributed by atoms with Gasteiger partial charge in [0.05, 0.1) is 10.7 Å². The first kappa shape index (κ1) is 12.0. The Kier molecular flexibility index (Phi) is 3.38. The van der Waals surface area contributed by atoms with E-state index < -0.39 is 5.60 Å². The second-order valence-corrected chi connectivity index (χ2v) is 4.98. The summed E-state index contributed by atoms with van der Waals surface area (Å²) in [6.07, 6.45) is 1.54. The second-order valence-electron chi connectivity index (χ2n) is 4.12. The number of anilines is 1.